The molecule has 0 aliphatic heterocycles. The lowest BCUT2D eigenvalue weighted by atomic mass is 10.2. The second-order valence-electron chi connectivity index (χ2n) is 5.42. The van der Waals surface area contributed by atoms with Crippen LogP contribution in [0, 0.1) is 10.1 Å². The first-order chi connectivity index (χ1) is 13.5. The number of nitrogens with zero attached hydrogens (tertiary/aromatic N) is 1. The quantitative estimate of drug-likeness (QED) is 0.211. The number of halogens is 1. The van der Waals surface area contributed by atoms with Crippen LogP contribution < -0.4 is 0 Å². The van der Waals surface area contributed by atoms with Crippen molar-refractivity contribution < 1.29 is 19.2 Å². The van der Waals surface area contributed by atoms with Crippen molar-refractivity contribution >= 4 is 52.1 Å². The molecule has 0 fully saturated rings. The van der Waals surface area contributed by atoms with Crippen molar-refractivity contribution in [3.05, 3.63) is 85.6 Å². The molecule has 28 heavy (non-hydrogen) atoms. The number of esters is 1. The molecule has 3 rings (SSSR count). The van der Waals surface area contributed by atoms with Crippen LogP contribution in [0.25, 0.3) is 0 Å². The summed E-state index contributed by atoms with van der Waals surface area (Å²) in [6.07, 6.45) is 0. The summed E-state index contributed by atoms with van der Waals surface area (Å²) in [7, 11) is 0. The Morgan fingerprint density at radius 1 is 1.11 bits per heavy atom. The smallest absolute Gasteiger partial charge is 0.339 e. The molecule has 0 spiro atoms. The van der Waals surface area contributed by atoms with E-state index in [-0.39, 0.29) is 33.6 Å². The Kier molecular flexibility index (Phi) is 6.45. The van der Waals surface area contributed by atoms with E-state index in [0.717, 1.165) is 11.8 Å². The summed E-state index contributed by atoms with van der Waals surface area (Å²) in [5.41, 5.74) is 0.0363. The summed E-state index contributed by atoms with van der Waals surface area (Å²) in [6, 6.07) is 14.3. The van der Waals surface area contributed by atoms with Crippen LogP contribution in [-0.4, -0.2) is 23.3 Å². The zero-order valence-corrected chi connectivity index (χ0v) is 16.6. The normalized spacial score (nSPS) is 10.5. The summed E-state index contributed by atoms with van der Waals surface area (Å²) in [6.45, 7) is -0.384. The van der Waals surface area contributed by atoms with Gasteiger partial charge < -0.3 is 4.74 Å². The van der Waals surface area contributed by atoms with E-state index in [1.54, 1.807) is 35.7 Å². The van der Waals surface area contributed by atoms with Gasteiger partial charge in [-0.1, -0.05) is 47.6 Å². The topological polar surface area (TPSA) is 86.5 Å². The maximum Gasteiger partial charge on any atom is 0.339 e. The highest BCUT2D eigenvalue weighted by molar-refractivity contribution is 7.99. The van der Waals surface area contributed by atoms with E-state index in [4.69, 9.17) is 16.3 Å². The van der Waals surface area contributed by atoms with Gasteiger partial charge in [0.25, 0.3) is 5.69 Å². The first-order valence-corrected chi connectivity index (χ1v) is 9.98. The third kappa shape index (κ3) is 4.59. The van der Waals surface area contributed by atoms with E-state index in [1.165, 1.54) is 35.6 Å². The molecule has 0 unspecified atom stereocenters. The third-order valence-electron chi connectivity index (χ3n) is 3.59. The highest BCUT2D eigenvalue weighted by Crippen LogP contribution is 2.41. The second kappa shape index (κ2) is 9.01. The minimum absolute atomic E-state index is 0.159. The van der Waals surface area contributed by atoms with Crippen LogP contribution in [0.1, 0.15) is 20.0 Å². The predicted molar refractivity (Wildman–Crippen MR) is 108 cm³/mol. The molecule has 142 valence electrons. The maximum absolute atomic E-state index is 12.5. The Hall–Kier alpha value is -2.68. The summed E-state index contributed by atoms with van der Waals surface area (Å²) in [5, 5.41) is 13.2. The van der Waals surface area contributed by atoms with Gasteiger partial charge in [0, 0.05) is 11.0 Å². The molecule has 0 saturated carbocycles. The maximum atomic E-state index is 12.5. The van der Waals surface area contributed by atoms with Gasteiger partial charge in [-0.05, 0) is 29.6 Å². The van der Waals surface area contributed by atoms with E-state index < -0.39 is 10.9 Å². The number of thiophene rings is 1. The molecular weight excluding hydrogens is 422 g/mol. The minimum Gasteiger partial charge on any atom is -0.454 e. The number of nitro groups is 1. The van der Waals surface area contributed by atoms with Crippen molar-refractivity contribution in [2.45, 2.75) is 9.79 Å². The van der Waals surface area contributed by atoms with Gasteiger partial charge in [0.2, 0.25) is 5.78 Å². The average Bonchev–Trinajstić information content (AvgIpc) is 3.22. The fraction of sp³-hybridized carbons (Fsp3) is 0.0526. The van der Waals surface area contributed by atoms with Crippen molar-refractivity contribution in [3.63, 3.8) is 0 Å². The number of hydrogen-bond donors (Lipinski definition) is 0. The molecule has 0 saturated heterocycles. The number of carbonyl (C=O) groups excluding carboxylic acids is 2. The number of Topliss-reactive ketones (excluding diaryl/α,β-unsaturated/α-hetero) is 1. The van der Waals surface area contributed by atoms with Crippen LogP contribution in [-0.2, 0) is 4.74 Å². The highest BCUT2D eigenvalue weighted by Gasteiger charge is 2.21. The Bertz CT molecular complexity index is 1040. The number of rotatable bonds is 7. The molecule has 0 aliphatic carbocycles. The molecule has 0 aliphatic rings. The van der Waals surface area contributed by atoms with E-state index >= 15 is 0 Å². The summed E-state index contributed by atoms with van der Waals surface area (Å²) in [5.74, 6) is -0.988. The zero-order valence-electron chi connectivity index (χ0n) is 14.2. The molecular formula is C19H12ClNO5S2. The van der Waals surface area contributed by atoms with Crippen LogP contribution in [0.3, 0.4) is 0 Å². The fourth-order valence-electron chi connectivity index (χ4n) is 2.29. The molecule has 6 nitrogen and oxygen atoms in total. The second-order valence-corrected chi connectivity index (χ2v) is 7.83. The van der Waals surface area contributed by atoms with Gasteiger partial charge in [-0.25, -0.2) is 4.79 Å². The standard InChI is InChI=1S/C19H12ClNO5S2/c20-13-6-3-7-14(21(24)25)18(13)28-16-8-2-1-5-12(16)19(23)26-11-15(22)17-9-4-10-27-17/h1-10H,11H2. The molecule has 3 aromatic rings. The molecule has 1 heterocycles. The number of carbonyl (C=O) groups is 2. The Labute approximate surface area is 173 Å². The molecule has 1 aromatic heterocycles. The Balaban J connectivity index is 1.81. The van der Waals surface area contributed by atoms with Gasteiger partial charge in [0.05, 0.1) is 20.4 Å². The lowest BCUT2D eigenvalue weighted by Crippen LogP contribution is -2.14. The number of hydrogen-bond acceptors (Lipinski definition) is 7. The Morgan fingerprint density at radius 2 is 1.89 bits per heavy atom. The van der Waals surface area contributed by atoms with Crippen molar-refractivity contribution in [1.29, 1.82) is 0 Å². The number of benzene rings is 2. The monoisotopic (exact) mass is 433 g/mol. The van der Waals surface area contributed by atoms with E-state index in [9.17, 15) is 19.7 Å². The van der Waals surface area contributed by atoms with Gasteiger partial charge in [-0.15, -0.1) is 11.3 Å². The lowest BCUT2D eigenvalue weighted by molar-refractivity contribution is -0.387. The van der Waals surface area contributed by atoms with Gasteiger partial charge in [-0.3, -0.25) is 14.9 Å². The van der Waals surface area contributed by atoms with Crippen molar-refractivity contribution in [2.75, 3.05) is 6.61 Å². The zero-order chi connectivity index (χ0) is 20.1. The molecule has 0 bridgehead atoms. The predicted octanol–water partition coefficient (Wildman–Crippen LogP) is 5.50. The summed E-state index contributed by atoms with van der Waals surface area (Å²) >= 11 is 8.39. The first-order valence-electron chi connectivity index (χ1n) is 7.91. The number of nitro benzene ring substituents is 1. The van der Waals surface area contributed by atoms with Crippen LogP contribution in [0.4, 0.5) is 5.69 Å². The third-order valence-corrected chi connectivity index (χ3v) is 6.14. The molecule has 9 heteroatoms. The highest BCUT2D eigenvalue weighted by atomic mass is 35.5. The van der Waals surface area contributed by atoms with Crippen LogP contribution >= 0.6 is 34.7 Å². The van der Waals surface area contributed by atoms with Gasteiger partial charge in [0.15, 0.2) is 6.61 Å². The molecule has 0 atom stereocenters. The lowest BCUT2D eigenvalue weighted by Gasteiger charge is -2.10. The summed E-state index contributed by atoms with van der Waals surface area (Å²) < 4.78 is 5.14. The first kappa shape index (κ1) is 20.1. The molecule has 0 N–H and O–H groups in total. The molecule has 0 amide bonds. The molecule has 2 aromatic carbocycles. The fourth-order valence-corrected chi connectivity index (χ4v) is 4.27. The average molecular weight is 434 g/mol. The van der Waals surface area contributed by atoms with Gasteiger partial charge in [0.1, 0.15) is 4.90 Å². The number of ketones is 1. The van der Waals surface area contributed by atoms with E-state index in [0.29, 0.717) is 9.77 Å². The minimum atomic E-state index is -0.692. The van der Waals surface area contributed by atoms with Crippen LogP contribution in [0.15, 0.2) is 69.8 Å². The van der Waals surface area contributed by atoms with Crippen LogP contribution in [0.5, 0.6) is 0 Å². The van der Waals surface area contributed by atoms with Crippen molar-refractivity contribution in [3.8, 4) is 0 Å². The van der Waals surface area contributed by atoms with E-state index in [2.05, 4.69) is 0 Å². The van der Waals surface area contributed by atoms with Gasteiger partial charge >= 0.3 is 5.97 Å². The summed E-state index contributed by atoms with van der Waals surface area (Å²) in [4.78, 5) is 36.4. The van der Waals surface area contributed by atoms with Gasteiger partial charge in [-0.2, -0.15) is 0 Å². The van der Waals surface area contributed by atoms with Crippen molar-refractivity contribution in [1.82, 2.24) is 0 Å². The van der Waals surface area contributed by atoms with Crippen LogP contribution in [0.2, 0.25) is 5.02 Å². The van der Waals surface area contributed by atoms with Crippen molar-refractivity contribution in [2.24, 2.45) is 0 Å². The largest absolute Gasteiger partial charge is 0.454 e. The molecule has 0 radical (unpaired) electrons. The van der Waals surface area contributed by atoms with E-state index in [1.807, 2.05) is 0 Å². The SMILES string of the molecule is O=C(COC(=O)c1ccccc1Sc1c(Cl)cccc1[N+](=O)[O-])c1cccs1. The number of ether oxygens (including phenoxy) is 1. The Morgan fingerprint density at radius 3 is 2.61 bits per heavy atom.